The summed E-state index contributed by atoms with van der Waals surface area (Å²) in [5.74, 6) is -3.81. The number of methoxy groups -OCH3 is 1. The van der Waals surface area contributed by atoms with E-state index in [4.69, 9.17) is 14.0 Å². The predicted molar refractivity (Wildman–Crippen MR) is 229 cm³/mol. The zero-order chi connectivity index (χ0) is 45.1. The molecular formula is C42H71N6O10P. The Bertz CT molecular complexity index is 1570. The number of hydrogen-bond acceptors (Lipinski definition) is 10. The van der Waals surface area contributed by atoms with E-state index in [1.807, 2.05) is 32.6 Å². The Kier molecular flexibility index (Phi) is 22.4. The van der Waals surface area contributed by atoms with Crippen molar-refractivity contribution in [1.29, 1.82) is 0 Å². The fraction of sp³-hybridized carbons (Fsp3) is 0.690. The van der Waals surface area contributed by atoms with Crippen LogP contribution < -0.4 is 26.6 Å². The molecule has 0 aliphatic carbocycles. The van der Waals surface area contributed by atoms with Gasteiger partial charge in [0.25, 0.3) is 0 Å². The molecule has 0 saturated heterocycles. The Morgan fingerprint density at radius 1 is 0.847 bits per heavy atom. The van der Waals surface area contributed by atoms with Crippen molar-refractivity contribution in [2.45, 2.75) is 144 Å². The second-order valence-corrected chi connectivity index (χ2v) is 17.6. The molecule has 1 aromatic rings. The molecule has 0 fully saturated rings. The van der Waals surface area contributed by atoms with Gasteiger partial charge in [0.2, 0.25) is 41.4 Å². The van der Waals surface area contributed by atoms with Gasteiger partial charge in [0.1, 0.15) is 18.1 Å². The van der Waals surface area contributed by atoms with Crippen molar-refractivity contribution in [3.05, 3.63) is 29.8 Å². The molecule has 0 aliphatic heterocycles. The monoisotopic (exact) mass is 850 g/mol. The van der Waals surface area contributed by atoms with Gasteiger partial charge in [0.15, 0.2) is 0 Å². The highest BCUT2D eigenvalue weighted by Crippen LogP contribution is 2.33. The van der Waals surface area contributed by atoms with Gasteiger partial charge in [-0.05, 0) is 84.2 Å². The zero-order valence-corrected chi connectivity index (χ0v) is 38.5. The average molecular weight is 851 g/mol. The molecule has 16 nitrogen and oxygen atoms in total. The van der Waals surface area contributed by atoms with E-state index in [0.29, 0.717) is 34.1 Å². The molecule has 1 rings (SSSR count). The SMILES string of the molecule is CCC(=O)N(C(C)=O)C(C)(C)CC(C)(C)C(=O)NC(CCC(=O)NC(C(=O)N[C@@H](C)C(=O)Nc1ccc(COC)cc1)C(C)C)C(=O)NCCOC(C)(C)CCOPC. The van der Waals surface area contributed by atoms with Crippen molar-refractivity contribution < 1.29 is 47.6 Å². The minimum atomic E-state index is -1.17. The molecule has 0 spiro atoms. The molecule has 17 heteroatoms. The van der Waals surface area contributed by atoms with Crippen molar-refractivity contribution in [1.82, 2.24) is 26.2 Å². The first-order valence-electron chi connectivity index (χ1n) is 20.2. The molecule has 0 heterocycles. The number of nitrogens with one attached hydrogen (secondary N) is 5. The summed E-state index contributed by atoms with van der Waals surface area (Å²) in [6, 6.07) is 3.99. The third kappa shape index (κ3) is 18.9. The summed E-state index contributed by atoms with van der Waals surface area (Å²) in [7, 11) is 1.96. The van der Waals surface area contributed by atoms with Crippen molar-refractivity contribution >= 4 is 55.8 Å². The van der Waals surface area contributed by atoms with Crippen LogP contribution in [0, 0.1) is 11.3 Å². The molecule has 59 heavy (non-hydrogen) atoms. The van der Waals surface area contributed by atoms with E-state index in [2.05, 4.69) is 26.6 Å². The van der Waals surface area contributed by atoms with Crippen LogP contribution in [0.15, 0.2) is 24.3 Å². The van der Waals surface area contributed by atoms with E-state index in [1.54, 1.807) is 67.7 Å². The van der Waals surface area contributed by atoms with E-state index in [9.17, 15) is 33.6 Å². The summed E-state index contributed by atoms with van der Waals surface area (Å²) in [4.78, 5) is 93.5. The maximum Gasteiger partial charge on any atom is 0.246 e. The van der Waals surface area contributed by atoms with Gasteiger partial charge in [0, 0.05) is 58.9 Å². The van der Waals surface area contributed by atoms with Crippen LogP contribution in [0.2, 0.25) is 0 Å². The minimum absolute atomic E-state index is 0.0828. The van der Waals surface area contributed by atoms with Crippen LogP contribution in [0.25, 0.3) is 0 Å². The van der Waals surface area contributed by atoms with E-state index < -0.39 is 70.1 Å². The van der Waals surface area contributed by atoms with Crippen LogP contribution in [0.1, 0.15) is 114 Å². The summed E-state index contributed by atoms with van der Waals surface area (Å²) >= 11 is 0. The topological polar surface area (TPSA) is 211 Å². The molecule has 0 radical (unpaired) electrons. The Morgan fingerprint density at radius 3 is 2.02 bits per heavy atom. The average Bonchev–Trinajstić information content (AvgIpc) is 3.13. The fourth-order valence-electron chi connectivity index (χ4n) is 6.58. The van der Waals surface area contributed by atoms with E-state index in [1.165, 1.54) is 13.8 Å². The zero-order valence-electron chi connectivity index (χ0n) is 37.5. The summed E-state index contributed by atoms with van der Waals surface area (Å²) in [6.07, 6.45) is 0.483. The smallest absolute Gasteiger partial charge is 0.246 e. The van der Waals surface area contributed by atoms with E-state index in [0.717, 1.165) is 10.5 Å². The maximum absolute atomic E-state index is 13.9. The predicted octanol–water partition coefficient (Wildman–Crippen LogP) is 4.20. The first kappa shape index (κ1) is 53.0. The fourth-order valence-corrected chi connectivity index (χ4v) is 6.89. The summed E-state index contributed by atoms with van der Waals surface area (Å²) in [6.45, 7) is 21.8. The molecular weight excluding hydrogens is 779 g/mol. The lowest BCUT2D eigenvalue weighted by molar-refractivity contribution is -0.152. The van der Waals surface area contributed by atoms with Crippen LogP contribution in [0.4, 0.5) is 5.69 Å². The van der Waals surface area contributed by atoms with Crippen LogP contribution in [0.5, 0.6) is 0 Å². The number of amides is 7. The second-order valence-electron chi connectivity index (χ2n) is 16.9. The van der Waals surface area contributed by atoms with Crippen LogP contribution in [0.3, 0.4) is 0 Å². The number of anilines is 1. The number of imide groups is 1. The number of nitrogens with zero attached hydrogens (tertiary/aromatic N) is 1. The van der Waals surface area contributed by atoms with E-state index >= 15 is 0 Å². The Balaban J connectivity index is 3.11. The van der Waals surface area contributed by atoms with Crippen LogP contribution in [-0.2, 0) is 54.2 Å². The van der Waals surface area contributed by atoms with Gasteiger partial charge in [-0.25, -0.2) is 0 Å². The van der Waals surface area contributed by atoms with Crippen LogP contribution >= 0.6 is 8.81 Å². The molecule has 5 N–H and O–H groups in total. The van der Waals surface area contributed by atoms with Gasteiger partial charge in [-0.1, -0.05) is 46.8 Å². The molecule has 4 atom stereocenters. The van der Waals surface area contributed by atoms with Crippen molar-refractivity contribution in [2.75, 3.05) is 38.8 Å². The number of hydrogen-bond donors (Lipinski definition) is 5. The molecule has 0 saturated carbocycles. The molecule has 334 valence electrons. The minimum Gasteiger partial charge on any atom is -0.380 e. The molecule has 0 bridgehead atoms. The quantitative estimate of drug-likeness (QED) is 0.0663. The van der Waals surface area contributed by atoms with Gasteiger partial charge in [-0.15, -0.1) is 0 Å². The maximum atomic E-state index is 13.9. The number of benzene rings is 1. The van der Waals surface area contributed by atoms with Gasteiger partial charge in [0.05, 0.1) is 25.4 Å². The third-order valence-corrected chi connectivity index (χ3v) is 10.1. The molecule has 7 amide bonds. The van der Waals surface area contributed by atoms with Gasteiger partial charge < -0.3 is 40.6 Å². The summed E-state index contributed by atoms with van der Waals surface area (Å²) in [5.41, 5.74) is -1.23. The second kappa shape index (κ2) is 24.9. The van der Waals surface area contributed by atoms with Gasteiger partial charge in [-0.3, -0.25) is 38.5 Å². The third-order valence-electron chi connectivity index (χ3n) is 9.64. The number of carbonyl (C=O) groups excluding carboxylic acids is 7. The lowest BCUT2D eigenvalue weighted by Crippen LogP contribution is -2.56. The highest BCUT2D eigenvalue weighted by atomic mass is 31.1. The lowest BCUT2D eigenvalue weighted by Gasteiger charge is -2.41. The summed E-state index contributed by atoms with van der Waals surface area (Å²) < 4.78 is 16.5. The first-order valence-corrected chi connectivity index (χ1v) is 21.6. The Hall–Kier alpha value is -3.98. The highest BCUT2D eigenvalue weighted by Gasteiger charge is 2.42. The van der Waals surface area contributed by atoms with Crippen molar-refractivity contribution in [3.63, 3.8) is 0 Å². The number of rotatable bonds is 26. The Morgan fingerprint density at radius 2 is 1.47 bits per heavy atom. The molecule has 0 aromatic heterocycles. The van der Waals surface area contributed by atoms with Crippen LogP contribution in [-0.4, -0.2) is 109 Å². The number of carbonyl (C=O) groups is 7. The van der Waals surface area contributed by atoms with E-state index in [-0.39, 0.29) is 50.7 Å². The molecule has 0 aliphatic rings. The van der Waals surface area contributed by atoms with Gasteiger partial charge in [-0.2, -0.15) is 0 Å². The highest BCUT2D eigenvalue weighted by molar-refractivity contribution is 7.31. The standard InChI is InChI=1S/C42H71N6O10P/c1-14-34(51)48(29(5)49)41(8,9)26-40(6,7)39(55)46-32(37(53)43-22-24-57-42(10,11)21-23-58-59-13)19-20-33(50)47-35(27(2)3)38(54)44-28(4)36(52)45-31-17-15-30(16-18-31)25-56-12/h15-18,27-28,32,35,59H,14,19-26H2,1-13H3,(H,43,53)(H,44,54)(H,45,52)(H,46,55)(H,47,50)/t28-,32?,35?/m0/s1. The largest absolute Gasteiger partial charge is 0.380 e. The van der Waals surface area contributed by atoms with Crippen molar-refractivity contribution in [3.8, 4) is 0 Å². The van der Waals surface area contributed by atoms with Crippen molar-refractivity contribution in [2.24, 2.45) is 11.3 Å². The molecule has 1 aromatic carbocycles. The number of ether oxygens (including phenoxy) is 2. The lowest BCUT2D eigenvalue weighted by atomic mass is 9.78. The summed E-state index contributed by atoms with van der Waals surface area (Å²) in [5, 5.41) is 13.8. The Labute approximate surface area is 353 Å². The van der Waals surface area contributed by atoms with Gasteiger partial charge >= 0.3 is 0 Å². The normalized spacial score (nSPS) is 13.7. The molecule has 3 unspecified atom stereocenters. The first-order chi connectivity index (χ1) is 27.4.